The Morgan fingerprint density at radius 1 is 1.11 bits per heavy atom. The number of benzene rings is 2. The lowest BCUT2D eigenvalue weighted by Crippen LogP contribution is -2.10. The smallest absolute Gasteiger partial charge is 0.345 e. The third-order valence-corrected chi connectivity index (χ3v) is 4.34. The molecule has 28 heavy (non-hydrogen) atoms. The second kappa shape index (κ2) is 6.59. The van der Waals surface area contributed by atoms with Crippen LogP contribution >= 0.6 is 0 Å². The number of rotatable bonds is 4. The van der Waals surface area contributed by atoms with Gasteiger partial charge in [-0.25, -0.2) is 9.97 Å². The number of aryl methyl sites for hydroxylation is 1. The SMILES string of the molecule is Cc1cc(CC(=O)c2cc(C(F)(F)F)cc3[nH]cnc23)cc(-c2ncn[nH]2)c1. The van der Waals surface area contributed by atoms with Gasteiger partial charge < -0.3 is 4.98 Å². The highest BCUT2D eigenvalue weighted by molar-refractivity contribution is 6.07. The molecule has 4 aromatic rings. The summed E-state index contributed by atoms with van der Waals surface area (Å²) in [4.78, 5) is 23.6. The molecule has 0 bridgehead atoms. The quantitative estimate of drug-likeness (QED) is 0.518. The van der Waals surface area contributed by atoms with Crippen molar-refractivity contribution in [3.63, 3.8) is 0 Å². The van der Waals surface area contributed by atoms with E-state index in [9.17, 15) is 18.0 Å². The first-order chi connectivity index (χ1) is 13.3. The molecule has 2 aromatic carbocycles. The number of alkyl halides is 3. The van der Waals surface area contributed by atoms with Crippen LogP contribution in [0.4, 0.5) is 13.2 Å². The number of fused-ring (bicyclic) bond motifs is 1. The number of halogens is 3. The Hall–Kier alpha value is -3.49. The Bertz CT molecular complexity index is 1160. The number of nitrogens with zero attached hydrogens (tertiary/aromatic N) is 3. The van der Waals surface area contributed by atoms with E-state index in [0.717, 1.165) is 23.3 Å². The summed E-state index contributed by atoms with van der Waals surface area (Å²) in [6, 6.07) is 7.27. The van der Waals surface area contributed by atoms with Crippen molar-refractivity contribution >= 4 is 16.8 Å². The number of carbonyl (C=O) groups is 1. The lowest BCUT2D eigenvalue weighted by molar-refractivity contribution is -0.137. The predicted molar refractivity (Wildman–Crippen MR) is 95.7 cm³/mol. The second-order valence-electron chi connectivity index (χ2n) is 6.46. The van der Waals surface area contributed by atoms with Gasteiger partial charge in [-0.15, -0.1) is 0 Å². The number of imidazole rings is 1. The van der Waals surface area contributed by atoms with E-state index < -0.39 is 17.5 Å². The molecule has 9 heteroatoms. The van der Waals surface area contributed by atoms with Crippen molar-refractivity contribution in [3.05, 3.63) is 65.2 Å². The lowest BCUT2D eigenvalue weighted by Gasteiger charge is -2.10. The van der Waals surface area contributed by atoms with E-state index in [1.165, 1.54) is 12.7 Å². The summed E-state index contributed by atoms with van der Waals surface area (Å²) in [7, 11) is 0. The van der Waals surface area contributed by atoms with Crippen molar-refractivity contribution in [2.75, 3.05) is 0 Å². The molecular weight excluding hydrogens is 371 g/mol. The first-order valence-electron chi connectivity index (χ1n) is 8.35. The number of aromatic nitrogens is 5. The zero-order valence-electron chi connectivity index (χ0n) is 14.6. The highest BCUT2D eigenvalue weighted by Gasteiger charge is 2.32. The molecule has 0 aliphatic carbocycles. The van der Waals surface area contributed by atoms with Crippen LogP contribution in [0.1, 0.15) is 27.0 Å². The van der Waals surface area contributed by atoms with Crippen LogP contribution in [0.15, 0.2) is 43.0 Å². The van der Waals surface area contributed by atoms with Crippen molar-refractivity contribution in [1.29, 1.82) is 0 Å². The summed E-state index contributed by atoms with van der Waals surface area (Å²) in [5, 5.41) is 6.56. The molecule has 142 valence electrons. The number of aromatic amines is 2. The molecule has 4 rings (SSSR count). The first-order valence-corrected chi connectivity index (χ1v) is 8.35. The Balaban J connectivity index is 1.72. The molecule has 0 aliphatic rings. The van der Waals surface area contributed by atoms with Gasteiger partial charge in [0.1, 0.15) is 6.33 Å². The summed E-state index contributed by atoms with van der Waals surface area (Å²) < 4.78 is 39.6. The van der Waals surface area contributed by atoms with Gasteiger partial charge in [0.2, 0.25) is 0 Å². The van der Waals surface area contributed by atoms with E-state index in [-0.39, 0.29) is 23.0 Å². The normalized spacial score (nSPS) is 11.9. The zero-order chi connectivity index (χ0) is 19.9. The van der Waals surface area contributed by atoms with Crippen molar-refractivity contribution in [2.24, 2.45) is 0 Å². The van der Waals surface area contributed by atoms with Crippen LogP contribution in [0.25, 0.3) is 22.4 Å². The predicted octanol–water partition coefficient (Wildman–Crippen LogP) is 4.10. The lowest BCUT2D eigenvalue weighted by atomic mass is 9.97. The van der Waals surface area contributed by atoms with Gasteiger partial charge in [0, 0.05) is 17.5 Å². The molecule has 0 atom stereocenters. The average Bonchev–Trinajstić information content (AvgIpc) is 3.31. The van der Waals surface area contributed by atoms with Gasteiger partial charge in [-0.2, -0.15) is 18.3 Å². The molecule has 6 nitrogen and oxygen atoms in total. The van der Waals surface area contributed by atoms with Crippen molar-refractivity contribution in [1.82, 2.24) is 25.1 Å². The van der Waals surface area contributed by atoms with Gasteiger partial charge in [-0.1, -0.05) is 11.6 Å². The highest BCUT2D eigenvalue weighted by Crippen LogP contribution is 2.33. The minimum absolute atomic E-state index is 0.0613. The Kier molecular flexibility index (Phi) is 4.21. The van der Waals surface area contributed by atoms with Crippen molar-refractivity contribution in [3.8, 4) is 11.4 Å². The van der Waals surface area contributed by atoms with E-state index in [4.69, 9.17) is 0 Å². The Labute approximate surface area is 156 Å². The topological polar surface area (TPSA) is 87.3 Å². The van der Waals surface area contributed by atoms with Crippen LogP contribution < -0.4 is 0 Å². The number of Topliss-reactive ketones (excluding diaryl/α,β-unsaturated/α-hetero) is 1. The summed E-state index contributed by atoms with van der Waals surface area (Å²) in [5.74, 6) is 0.100. The van der Waals surface area contributed by atoms with E-state index in [0.29, 0.717) is 11.4 Å². The minimum atomic E-state index is -4.56. The number of hydrogen-bond donors (Lipinski definition) is 2. The second-order valence-corrected chi connectivity index (χ2v) is 6.46. The first kappa shape index (κ1) is 17.9. The molecule has 2 N–H and O–H groups in total. The largest absolute Gasteiger partial charge is 0.416 e. The molecule has 0 amide bonds. The third-order valence-electron chi connectivity index (χ3n) is 4.34. The van der Waals surface area contributed by atoms with Gasteiger partial charge in [-0.05, 0) is 36.8 Å². The monoisotopic (exact) mass is 385 g/mol. The molecular formula is C19H14F3N5O. The molecule has 2 heterocycles. The molecule has 0 spiro atoms. The molecule has 0 fully saturated rings. The molecule has 0 radical (unpaired) electrons. The van der Waals surface area contributed by atoms with Crippen LogP contribution in [-0.2, 0) is 12.6 Å². The van der Waals surface area contributed by atoms with Crippen LogP contribution in [-0.4, -0.2) is 30.9 Å². The van der Waals surface area contributed by atoms with Crippen LogP contribution in [0.3, 0.4) is 0 Å². The van der Waals surface area contributed by atoms with Gasteiger partial charge in [0.25, 0.3) is 0 Å². The summed E-state index contributed by atoms with van der Waals surface area (Å²) >= 11 is 0. The maximum atomic E-state index is 13.2. The molecule has 0 saturated carbocycles. The minimum Gasteiger partial charge on any atom is -0.345 e. The number of hydrogen-bond acceptors (Lipinski definition) is 4. The maximum Gasteiger partial charge on any atom is 0.416 e. The van der Waals surface area contributed by atoms with Crippen molar-refractivity contribution in [2.45, 2.75) is 19.5 Å². The van der Waals surface area contributed by atoms with Crippen molar-refractivity contribution < 1.29 is 18.0 Å². The Morgan fingerprint density at radius 3 is 2.64 bits per heavy atom. The maximum absolute atomic E-state index is 13.2. The van der Waals surface area contributed by atoms with E-state index in [1.54, 1.807) is 6.07 Å². The standard InChI is InChI=1S/C19H14F3N5O/c1-10-2-11(4-12(3-10)18-25-9-26-27-18)5-16(28)14-6-13(19(20,21)22)7-15-17(14)24-8-23-15/h2-4,6-9H,5H2,1H3,(H,23,24)(H,25,26,27). The molecule has 0 saturated heterocycles. The number of ketones is 1. The molecule has 2 aromatic heterocycles. The molecule has 0 unspecified atom stereocenters. The van der Waals surface area contributed by atoms with E-state index >= 15 is 0 Å². The average molecular weight is 385 g/mol. The molecule has 0 aliphatic heterocycles. The van der Waals surface area contributed by atoms with E-state index in [1.807, 2.05) is 19.1 Å². The van der Waals surface area contributed by atoms with Gasteiger partial charge >= 0.3 is 6.18 Å². The fourth-order valence-corrected chi connectivity index (χ4v) is 3.15. The van der Waals surface area contributed by atoms with Crippen LogP contribution in [0.5, 0.6) is 0 Å². The fourth-order valence-electron chi connectivity index (χ4n) is 3.15. The van der Waals surface area contributed by atoms with E-state index in [2.05, 4.69) is 25.1 Å². The number of nitrogens with one attached hydrogen (secondary N) is 2. The summed E-state index contributed by atoms with van der Waals surface area (Å²) in [6.07, 6.45) is -1.97. The van der Waals surface area contributed by atoms with Gasteiger partial charge in [-0.3, -0.25) is 9.89 Å². The van der Waals surface area contributed by atoms with Gasteiger partial charge in [0.05, 0.1) is 22.9 Å². The van der Waals surface area contributed by atoms with Crippen LogP contribution in [0, 0.1) is 6.92 Å². The highest BCUT2D eigenvalue weighted by atomic mass is 19.4. The number of carbonyl (C=O) groups excluding carboxylic acids is 1. The summed E-state index contributed by atoms with van der Waals surface area (Å²) in [5.41, 5.74) is 1.75. The number of H-pyrrole nitrogens is 2. The summed E-state index contributed by atoms with van der Waals surface area (Å²) in [6.45, 7) is 1.87. The fraction of sp³-hybridized carbons (Fsp3) is 0.158. The van der Waals surface area contributed by atoms with Gasteiger partial charge in [0.15, 0.2) is 11.6 Å². The van der Waals surface area contributed by atoms with Crippen LogP contribution in [0.2, 0.25) is 0 Å². The zero-order valence-corrected chi connectivity index (χ0v) is 14.6. The third kappa shape index (κ3) is 3.38. The Morgan fingerprint density at radius 2 is 1.93 bits per heavy atom.